The van der Waals surface area contributed by atoms with E-state index in [2.05, 4.69) is 9.88 Å². The highest BCUT2D eigenvalue weighted by Crippen LogP contribution is 2.12. The van der Waals surface area contributed by atoms with Gasteiger partial charge in [0.25, 0.3) is 0 Å². The Morgan fingerprint density at radius 2 is 2.50 bits per heavy atom. The molecular formula is C12H17N3O3. The van der Waals surface area contributed by atoms with Crippen LogP contribution in [0.3, 0.4) is 0 Å². The van der Waals surface area contributed by atoms with Gasteiger partial charge in [-0.1, -0.05) is 6.07 Å². The van der Waals surface area contributed by atoms with Crippen LogP contribution in [0.4, 0.5) is 0 Å². The first-order chi connectivity index (χ1) is 8.69. The summed E-state index contributed by atoms with van der Waals surface area (Å²) >= 11 is 0. The number of pyridine rings is 1. The van der Waals surface area contributed by atoms with Crippen LogP contribution in [0.5, 0.6) is 5.88 Å². The Kier molecular flexibility index (Phi) is 4.11. The van der Waals surface area contributed by atoms with Crippen LogP contribution in [0.25, 0.3) is 0 Å². The first kappa shape index (κ1) is 12.8. The predicted molar refractivity (Wildman–Crippen MR) is 65.0 cm³/mol. The zero-order chi connectivity index (χ0) is 13.0. The van der Waals surface area contributed by atoms with Crippen molar-refractivity contribution in [2.75, 3.05) is 26.8 Å². The van der Waals surface area contributed by atoms with Gasteiger partial charge < -0.3 is 15.2 Å². The van der Waals surface area contributed by atoms with E-state index in [0.717, 1.165) is 12.2 Å². The molecule has 2 rings (SSSR count). The summed E-state index contributed by atoms with van der Waals surface area (Å²) in [6, 6.07) is 5.62. The lowest BCUT2D eigenvalue weighted by Gasteiger charge is -2.30. The molecular weight excluding hydrogens is 234 g/mol. The highest BCUT2D eigenvalue weighted by atomic mass is 16.5. The third-order valence-corrected chi connectivity index (χ3v) is 2.84. The first-order valence-electron chi connectivity index (χ1n) is 5.82. The molecule has 1 saturated heterocycles. The third-order valence-electron chi connectivity index (χ3n) is 2.84. The minimum Gasteiger partial charge on any atom is -0.481 e. The highest BCUT2D eigenvalue weighted by molar-refractivity contribution is 5.79. The van der Waals surface area contributed by atoms with Gasteiger partial charge in [-0.2, -0.15) is 0 Å². The van der Waals surface area contributed by atoms with E-state index in [0.29, 0.717) is 25.6 Å². The number of nitrogens with two attached hydrogens (primary N) is 1. The van der Waals surface area contributed by atoms with Gasteiger partial charge >= 0.3 is 0 Å². The lowest BCUT2D eigenvalue weighted by molar-refractivity contribution is -0.135. The maximum absolute atomic E-state index is 11.1. The van der Waals surface area contributed by atoms with Gasteiger partial charge in [0, 0.05) is 25.7 Å². The standard InChI is InChI=1S/C12H17N3O3/c1-17-11-4-2-3-9(14-11)7-15-5-6-18-10(8-15)12(13)16/h2-4,10H,5-8H2,1H3,(H2,13,16). The van der Waals surface area contributed by atoms with Gasteiger partial charge in [0.05, 0.1) is 19.4 Å². The zero-order valence-electron chi connectivity index (χ0n) is 10.3. The molecule has 0 bridgehead atoms. The maximum atomic E-state index is 11.1. The normalized spacial score (nSPS) is 20.6. The van der Waals surface area contributed by atoms with Gasteiger partial charge in [0.2, 0.25) is 11.8 Å². The summed E-state index contributed by atoms with van der Waals surface area (Å²) in [5.41, 5.74) is 6.14. The fourth-order valence-corrected chi connectivity index (χ4v) is 1.91. The first-order valence-corrected chi connectivity index (χ1v) is 5.82. The van der Waals surface area contributed by atoms with Gasteiger partial charge in [0.15, 0.2) is 0 Å². The van der Waals surface area contributed by atoms with E-state index in [-0.39, 0.29) is 0 Å². The van der Waals surface area contributed by atoms with Crippen LogP contribution in [0.2, 0.25) is 0 Å². The fraction of sp³-hybridized carbons (Fsp3) is 0.500. The number of rotatable bonds is 4. The molecule has 2 N–H and O–H groups in total. The van der Waals surface area contributed by atoms with Crippen molar-refractivity contribution >= 4 is 5.91 Å². The average molecular weight is 251 g/mol. The molecule has 1 aliphatic rings. The lowest BCUT2D eigenvalue weighted by atomic mass is 10.2. The van der Waals surface area contributed by atoms with Gasteiger partial charge in [-0.3, -0.25) is 9.69 Å². The Morgan fingerprint density at radius 1 is 1.67 bits per heavy atom. The largest absolute Gasteiger partial charge is 0.481 e. The van der Waals surface area contributed by atoms with E-state index >= 15 is 0 Å². The van der Waals surface area contributed by atoms with Gasteiger partial charge in [0.1, 0.15) is 6.10 Å². The lowest BCUT2D eigenvalue weighted by Crippen LogP contribution is -2.48. The summed E-state index contributed by atoms with van der Waals surface area (Å²) in [4.78, 5) is 17.5. The van der Waals surface area contributed by atoms with Crippen LogP contribution in [0, 0.1) is 0 Å². The van der Waals surface area contributed by atoms with Crippen LogP contribution >= 0.6 is 0 Å². The van der Waals surface area contributed by atoms with E-state index < -0.39 is 12.0 Å². The van der Waals surface area contributed by atoms with E-state index in [1.54, 1.807) is 13.2 Å². The van der Waals surface area contributed by atoms with E-state index in [9.17, 15) is 4.79 Å². The third kappa shape index (κ3) is 3.18. The summed E-state index contributed by atoms with van der Waals surface area (Å²) in [6.45, 7) is 2.44. The van der Waals surface area contributed by atoms with Crippen molar-refractivity contribution in [1.29, 1.82) is 0 Å². The number of carbonyl (C=O) groups is 1. The quantitative estimate of drug-likeness (QED) is 0.800. The smallest absolute Gasteiger partial charge is 0.247 e. The van der Waals surface area contributed by atoms with Crippen LogP contribution in [-0.4, -0.2) is 48.7 Å². The second-order valence-electron chi connectivity index (χ2n) is 4.17. The number of carbonyl (C=O) groups excluding carboxylic acids is 1. The van der Waals surface area contributed by atoms with Crippen molar-refractivity contribution in [2.24, 2.45) is 5.73 Å². The molecule has 1 fully saturated rings. The molecule has 0 spiro atoms. The van der Waals surface area contributed by atoms with E-state index in [1.807, 2.05) is 12.1 Å². The van der Waals surface area contributed by atoms with Gasteiger partial charge in [-0.05, 0) is 6.07 Å². The molecule has 1 unspecified atom stereocenters. The number of primary amides is 1. The number of morpholine rings is 1. The Labute approximate surface area is 106 Å². The second-order valence-corrected chi connectivity index (χ2v) is 4.17. The number of ether oxygens (including phenoxy) is 2. The van der Waals surface area contributed by atoms with Crippen LogP contribution in [-0.2, 0) is 16.1 Å². The Balaban J connectivity index is 1.97. The number of hydrogen-bond acceptors (Lipinski definition) is 5. The Morgan fingerprint density at radius 3 is 3.22 bits per heavy atom. The molecule has 98 valence electrons. The average Bonchev–Trinajstić information content (AvgIpc) is 2.39. The summed E-state index contributed by atoms with van der Waals surface area (Å²) in [7, 11) is 1.59. The minimum absolute atomic E-state index is 0.418. The zero-order valence-corrected chi connectivity index (χ0v) is 10.3. The molecule has 2 heterocycles. The molecule has 1 aliphatic heterocycles. The summed E-state index contributed by atoms with van der Waals surface area (Å²) in [6.07, 6.45) is -0.524. The van der Waals surface area contributed by atoms with Crippen molar-refractivity contribution in [3.63, 3.8) is 0 Å². The van der Waals surface area contributed by atoms with Crippen molar-refractivity contribution in [2.45, 2.75) is 12.6 Å². The number of aromatic nitrogens is 1. The van der Waals surface area contributed by atoms with Crippen molar-refractivity contribution in [3.05, 3.63) is 23.9 Å². The van der Waals surface area contributed by atoms with E-state index in [1.165, 1.54) is 0 Å². The van der Waals surface area contributed by atoms with Crippen LogP contribution < -0.4 is 10.5 Å². The Bertz CT molecular complexity index is 425. The second kappa shape index (κ2) is 5.79. The molecule has 0 aromatic carbocycles. The molecule has 0 aliphatic carbocycles. The molecule has 1 aromatic heterocycles. The highest BCUT2D eigenvalue weighted by Gasteiger charge is 2.24. The molecule has 18 heavy (non-hydrogen) atoms. The molecule has 6 nitrogen and oxygen atoms in total. The van der Waals surface area contributed by atoms with Crippen molar-refractivity contribution in [1.82, 2.24) is 9.88 Å². The predicted octanol–water partition coefficient (Wildman–Crippen LogP) is -0.224. The SMILES string of the molecule is COc1cccc(CN2CCOC(C(N)=O)C2)n1. The Hall–Kier alpha value is -1.66. The number of hydrogen-bond donors (Lipinski definition) is 1. The van der Waals surface area contributed by atoms with Crippen LogP contribution in [0.1, 0.15) is 5.69 Å². The van der Waals surface area contributed by atoms with Crippen LogP contribution in [0.15, 0.2) is 18.2 Å². The summed E-state index contributed by atoms with van der Waals surface area (Å²) in [5, 5.41) is 0. The number of nitrogens with zero attached hydrogens (tertiary/aromatic N) is 2. The fourth-order valence-electron chi connectivity index (χ4n) is 1.91. The summed E-state index contributed by atoms with van der Waals surface area (Å²) < 4.78 is 10.4. The van der Waals surface area contributed by atoms with Crippen molar-refractivity contribution in [3.8, 4) is 5.88 Å². The van der Waals surface area contributed by atoms with Crippen molar-refractivity contribution < 1.29 is 14.3 Å². The molecule has 0 saturated carbocycles. The van der Waals surface area contributed by atoms with Gasteiger partial charge in [-0.25, -0.2) is 4.98 Å². The van der Waals surface area contributed by atoms with Gasteiger partial charge in [-0.15, -0.1) is 0 Å². The molecule has 6 heteroatoms. The molecule has 1 amide bonds. The maximum Gasteiger partial charge on any atom is 0.247 e. The minimum atomic E-state index is -0.524. The molecule has 1 aromatic rings. The summed E-state index contributed by atoms with van der Waals surface area (Å²) in [5.74, 6) is 0.172. The monoisotopic (exact) mass is 251 g/mol. The topological polar surface area (TPSA) is 77.7 Å². The van der Waals surface area contributed by atoms with E-state index in [4.69, 9.17) is 15.2 Å². The molecule has 1 atom stereocenters. The molecule has 0 radical (unpaired) electrons. The number of methoxy groups -OCH3 is 1. The number of amides is 1.